The van der Waals surface area contributed by atoms with E-state index in [1.165, 1.54) is 0 Å². The van der Waals surface area contributed by atoms with Crippen molar-refractivity contribution in [1.29, 1.82) is 0 Å². The van der Waals surface area contributed by atoms with Crippen molar-refractivity contribution >= 4 is 5.97 Å². The largest absolute Gasteiger partial charge is 0.460 e. The second-order valence-electron chi connectivity index (χ2n) is 5.81. The minimum absolute atomic E-state index is 0.105. The molecule has 1 saturated heterocycles. The fraction of sp³-hybridized carbons (Fsp3) is 0.923. The van der Waals surface area contributed by atoms with Crippen LogP contribution in [0.4, 0.5) is 0 Å². The summed E-state index contributed by atoms with van der Waals surface area (Å²) < 4.78 is 5.30. The van der Waals surface area contributed by atoms with E-state index in [0.29, 0.717) is 6.42 Å². The lowest BCUT2D eigenvalue weighted by molar-refractivity contribution is -0.155. The van der Waals surface area contributed by atoms with Crippen LogP contribution in [0.5, 0.6) is 0 Å². The van der Waals surface area contributed by atoms with Gasteiger partial charge in [0.2, 0.25) is 0 Å². The van der Waals surface area contributed by atoms with Gasteiger partial charge in [-0.1, -0.05) is 0 Å². The van der Waals surface area contributed by atoms with Crippen LogP contribution in [-0.2, 0) is 9.53 Å². The quantitative estimate of drug-likeness (QED) is 0.718. The number of carbonyl (C=O) groups excluding carboxylic acids is 1. The number of ether oxygens (including phenoxy) is 1. The van der Waals surface area contributed by atoms with E-state index < -0.39 is 0 Å². The summed E-state index contributed by atoms with van der Waals surface area (Å²) in [6.45, 7) is 12.3. The average Bonchev–Trinajstić information content (AvgIpc) is 2.26. The number of nitrogens with zero attached hydrogens (tertiary/aromatic N) is 2. The molecule has 1 fully saturated rings. The first kappa shape index (κ1) is 15.4. The molecule has 106 valence electrons. The molecular formula is C13H27N3O2. The molecule has 0 spiro atoms. The van der Waals surface area contributed by atoms with Gasteiger partial charge in [0.05, 0.1) is 6.42 Å². The van der Waals surface area contributed by atoms with Crippen molar-refractivity contribution in [1.82, 2.24) is 9.80 Å². The third kappa shape index (κ3) is 6.33. The minimum Gasteiger partial charge on any atom is -0.460 e. The Balaban J connectivity index is 2.16. The van der Waals surface area contributed by atoms with Crippen LogP contribution < -0.4 is 5.73 Å². The fourth-order valence-corrected chi connectivity index (χ4v) is 2.06. The molecular weight excluding hydrogens is 230 g/mol. The number of hydrogen-bond acceptors (Lipinski definition) is 5. The Hall–Kier alpha value is -0.650. The molecule has 18 heavy (non-hydrogen) atoms. The summed E-state index contributed by atoms with van der Waals surface area (Å²) in [5.41, 5.74) is 5.16. The standard InChI is InChI=1S/C13H27N3O2/c1-13(2,3)18-12(17)4-6-15-8-10-16(7-5-14)11-9-15/h4-11,14H2,1-3H3. The predicted octanol–water partition coefficient (Wildman–Crippen LogP) is 0.295. The van der Waals surface area contributed by atoms with Crippen LogP contribution in [0.3, 0.4) is 0 Å². The minimum atomic E-state index is -0.378. The van der Waals surface area contributed by atoms with E-state index in [9.17, 15) is 4.79 Å². The first-order valence-electron chi connectivity index (χ1n) is 6.77. The van der Waals surface area contributed by atoms with Crippen molar-refractivity contribution in [2.75, 3.05) is 45.8 Å². The molecule has 0 unspecified atom stereocenters. The van der Waals surface area contributed by atoms with Crippen LogP contribution in [0.2, 0.25) is 0 Å². The monoisotopic (exact) mass is 257 g/mol. The van der Waals surface area contributed by atoms with E-state index in [1.54, 1.807) is 0 Å². The SMILES string of the molecule is CC(C)(C)OC(=O)CCN1CCN(CCN)CC1. The predicted molar refractivity (Wildman–Crippen MR) is 72.4 cm³/mol. The molecule has 1 aliphatic rings. The van der Waals surface area contributed by atoms with Crippen molar-refractivity contribution in [3.63, 3.8) is 0 Å². The van der Waals surface area contributed by atoms with Gasteiger partial charge in [0, 0.05) is 45.8 Å². The van der Waals surface area contributed by atoms with Gasteiger partial charge in [-0.05, 0) is 20.8 Å². The maximum Gasteiger partial charge on any atom is 0.307 e. The van der Waals surface area contributed by atoms with Gasteiger partial charge in [0.25, 0.3) is 0 Å². The molecule has 5 nitrogen and oxygen atoms in total. The second-order valence-corrected chi connectivity index (χ2v) is 5.81. The third-order valence-electron chi connectivity index (χ3n) is 2.96. The number of rotatable bonds is 5. The summed E-state index contributed by atoms with van der Waals surface area (Å²) in [4.78, 5) is 16.3. The van der Waals surface area contributed by atoms with Crippen LogP contribution >= 0.6 is 0 Å². The van der Waals surface area contributed by atoms with Gasteiger partial charge < -0.3 is 15.4 Å². The highest BCUT2D eigenvalue weighted by molar-refractivity contribution is 5.70. The molecule has 0 aromatic rings. The van der Waals surface area contributed by atoms with Crippen molar-refractivity contribution in [2.45, 2.75) is 32.8 Å². The van der Waals surface area contributed by atoms with Crippen LogP contribution in [0, 0.1) is 0 Å². The highest BCUT2D eigenvalue weighted by atomic mass is 16.6. The first-order valence-corrected chi connectivity index (χ1v) is 6.77. The van der Waals surface area contributed by atoms with Gasteiger partial charge in [0.15, 0.2) is 0 Å². The Morgan fingerprint density at radius 2 is 1.61 bits per heavy atom. The van der Waals surface area contributed by atoms with E-state index in [2.05, 4.69) is 9.80 Å². The molecule has 0 aromatic heterocycles. The zero-order valence-corrected chi connectivity index (χ0v) is 11.9. The van der Waals surface area contributed by atoms with Gasteiger partial charge in [-0.3, -0.25) is 9.69 Å². The smallest absolute Gasteiger partial charge is 0.307 e. The number of nitrogens with two attached hydrogens (primary N) is 1. The van der Waals surface area contributed by atoms with Crippen molar-refractivity contribution in [3.05, 3.63) is 0 Å². The second kappa shape index (κ2) is 7.07. The lowest BCUT2D eigenvalue weighted by atomic mass is 10.2. The molecule has 0 aliphatic carbocycles. The number of piperazine rings is 1. The maximum atomic E-state index is 11.6. The molecule has 0 amide bonds. The molecule has 1 rings (SSSR count). The lowest BCUT2D eigenvalue weighted by Gasteiger charge is -2.34. The van der Waals surface area contributed by atoms with Crippen molar-refractivity contribution in [3.8, 4) is 0 Å². The highest BCUT2D eigenvalue weighted by Crippen LogP contribution is 2.09. The van der Waals surface area contributed by atoms with Gasteiger partial charge in [0.1, 0.15) is 5.60 Å². The lowest BCUT2D eigenvalue weighted by Crippen LogP contribution is -2.48. The third-order valence-corrected chi connectivity index (χ3v) is 2.96. The fourth-order valence-electron chi connectivity index (χ4n) is 2.06. The number of esters is 1. The molecule has 1 aliphatic heterocycles. The Bertz CT molecular complexity index is 255. The van der Waals surface area contributed by atoms with Crippen molar-refractivity contribution < 1.29 is 9.53 Å². The molecule has 0 radical (unpaired) electrons. The van der Waals surface area contributed by atoms with Gasteiger partial charge in [-0.25, -0.2) is 0 Å². The molecule has 0 bridgehead atoms. The van der Waals surface area contributed by atoms with Gasteiger partial charge in [-0.2, -0.15) is 0 Å². The van der Waals surface area contributed by atoms with E-state index in [4.69, 9.17) is 10.5 Å². The summed E-state index contributed by atoms with van der Waals surface area (Å²) in [6, 6.07) is 0. The Kier molecular flexibility index (Phi) is 6.05. The van der Waals surface area contributed by atoms with Crippen LogP contribution in [0.15, 0.2) is 0 Å². The summed E-state index contributed by atoms with van der Waals surface area (Å²) >= 11 is 0. The topological polar surface area (TPSA) is 58.8 Å². The van der Waals surface area contributed by atoms with E-state index in [-0.39, 0.29) is 11.6 Å². The summed E-state index contributed by atoms with van der Waals surface area (Å²) in [7, 11) is 0. The van der Waals surface area contributed by atoms with Crippen LogP contribution in [-0.4, -0.2) is 67.2 Å². The van der Waals surface area contributed by atoms with E-state index >= 15 is 0 Å². The van der Waals surface area contributed by atoms with Gasteiger partial charge in [-0.15, -0.1) is 0 Å². The van der Waals surface area contributed by atoms with Crippen LogP contribution in [0.25, 0.3) is 0 Å². The van der Waals surface area contributed by atoms with Crippen LogP contribution in [0.1, 0.15) is 27.2 Å². The molecule has 2 N–H and O–H groups in total. The molecule has 1 heterocycles. The molecule has 0 atom stereocenters. The summed E-state index contributed by atoms with van der Waals surface area (Å²) in [6.07, 6.45) is 0.480. The summed E-state index contributed by atoms with van der Waals surface area (Å²) in [5.74, 6) is -0.105. The van der Waals surface area contributed by atoms with E-state index in [0.717, 1.165) is 45.8 Å². The summed E-state index contributed by atoms with van der Waals surface area (Å²) in [5, 5.41) is 0. The highest BCUT2D eigenvalue weighted by Gasteiger charge is 2.19. The Labute approximate surface area is 110 Å². The average molecular weight is 257 g/mol. The van der Waals surface area contributed by atoms with Gasteiger partial charge >= 0.3 is 5.97 Å². The zero-order valence-electron chi connectivity index (χ0n) is 11.9. The maximum absolute atomic E-state index is 11.6. The van der Waals surface area contributed by atoms with Crippen molar-refractivity contribution in [2.24, 2.45) is 5.73 Å². The first-order chi connectivity index (χ1) is 8.40. The number of carbonyl (C=O) groups is 1. The zero-order chi connectivity index (χ0) is 13.6. The number of hydrogen-bond donors (Lipinski definition) is 1. The van der Waals surface area contributed by atoms with E-state index in [1.807, 2.05) is 20.8 Å². The Morgan fingerprint density at radius 3 is 2.06 bits per heavy atom. The normalized spacial score (nSPS) is 18.9. The molecule has 0 saturated carbocycles. The molecule has 5 heteroatoms. The molecule has 0 aromatic carbocycles. The Morgan fingerprint density at radius 1 is 1.11 bits per heavy atom.